The summed E-state index contributed by atoms with van der Waals surface area (Å²) in [6, 6.07) is -1.25. The Labute approximate surface area is 219 Å². The van der Waals surface area contributed by atoms with E-state index in [4.69, 9.17) is 36.1 Å². The fourth-order valence-corrected chi connectivity index (χ4v) is 2.74. The van der Waals surface area contributed by atoms with Gasteiger partial charge in [0.05, 0.1) is 52.9 Å². The van der Waals surface area contributed by atoms with E-state index in [-0.39, 0.29) is 12.1 Å². The van der Waals surface area contributed by atoms with Crippen LogP contribution in [0.5, 0.6) is 0 Å². The smallest absolute Gasteiger partial charge is 0.314 e. The van der Waals surface area contributed by atoms with E-state index in [1.54, 1.807) is 0 Å². The predicted octanol–water partition coefficient (Wildman–Crippen LogP) is -3.46. The number of amides is 6. The molecular formula is C21H47N9O7. The summed E-state index contributed by atoms with van der Waals surface area (Å²) in [6.45, 7) is 7.75. The van der Waals surface area contributed by atoms with E-state index in [0.29, 0.717) is 118 Å². The average molecular weight is 538 g/mol. The largest absolute Gasteiger partial charge is 0.378 e. The number of rotatable bonds is 25. The van der Waals surface area contributed by atoms with E-state index in [9.17, 15) is 14.4 Å². The maximum atomic E-state index is 11.9. The van der Waals surface area contributed by atoms with Crippen LogP contribution in [0.1, 0.15) is 0 Å². The SMILES string of the molecule is NCCOCCOCCNC(=O)NCCN(CCNC(N)=O)CCNC(=O)NCCOCCOCCN. The van der Waals surface area contributed by atoms with Gasteiger partial charge in [0.2, 0.25) is 0 Å². The highest BCUT2D eigenvalue weighted by Gasteiger charge is 2.08. The highest BCUT2D eigenvalue weighted by molar-refractivity contribution is 5.74. The molecule has 0 aliphatic rings. The highest BCUT2D eigenvalue weighted by Crippen LogP contribution is 1.87. The molecule has 0 aliphatic heterocycles. The molecule has 0 aliphatic carbocycles. The van der Waals surface area contributed by atoms with Crippen molar-refractivity contribution in [1.29, 1.82) is 0 Å². The third-order valence-corrected chi connectivity index (χ3v) is 4.49. The Balaban J connectivity index is 3.98. The Morgan fingerprint density at radius 2 is 0.865 bits per heavy atom. The Kier molecular flexibility index (Phi) is 24.8. The molecule has 218 valence electrons. The number of carbonyl (C=O) groups excluding carboxylic acids is 3. The maximum absolute atomic E-state index is 11.9. The van der Waals surface area contributed by atoms with Gasteiger partial charge in [-0.25, -0.2) is 14.4 Å². The second-order valence-corrected chi connectivity index (χ2v) is 7.52. The first-order valence-corrected chi connectivity index (χ1v) is 12.5. The van der Waals surface area contributed by atoms with Crippen molar-refractivity contribution >= 4 is 18.1 Å². The lowest BCUT2D eigenvalue weighted by molar-refractivity contribution is 0.0524. The molecule has 0 heterocycles. The molecule has 0 atom stereocenters. The standard InChI is InChI=1S/C21H47N9O7/c22-1-11-34-15-17-36-13-6-28-20(32)26-4-9-30(8-3-25-19(24)31)10-5-27-21(33)29-7-14-37-18-16-35-12-2-23/h1-18,22-23H2,(H3,24,25,31)(H2,26,28,32)(H2,27,29,33). The third-order valence-electron chi connectivity index (χ3n) is 4.49. The van der Waals surface area contributed by atoms with Gasteiger partial charge in [-0.3, -0.25) is 4.90 Å². The van der Waals surface area contributed by atoms with Gasteiger partial charge in [-0.2, -0.15) is 0 Å². The van der Waals surface area contributed by atoms with E-state index in [1.807, 2.05) is 4.90 Å². The molecule has 0 spiro atoms. The summed E-state index contributed by atoms with van der Waals surface area (Å²) in [5, 5.41) is 13.4. The Hall–Kier alpha value is -2.47. The van der Waals surface area contributed by atoms with Gasteiger partial charge < -0.3 is 62.7 Å². The number of carbonyl (C=O) groups is 3. The fraction of sp³-hybridized carbons (Fsp3) is 0.857. The number of primary amides is 1. The fourth-order valence-electron chi connectivity index (χ4n) is 2.74. The van der Waals surface area contributed by atoms with Crippen molar-refractivity contribution in [2.75, 3.05) is 118 Å². The molecule has 11 N–H and O–H groups in total. The number of nitrogens with two attached hydrogens (primary N) is 3. The topological polar surface area (TPSA) is 230 Å². The number of urea groups is 3. The quantitative estimate of drug-likeness (QED) is 0.0536. The molecule has 0 aromatic rings. The zero-order valence-electron chi connectivity index (χ0n) is 21.8. The molecule has 0 saturated carbocycles. The minimum Gasteiger partial charge on any atom is -0.378 e. The van der Waals surface area contributed by atoms with Crippen molar-refractivity contribution in [2.24, 2.45) is 17.2 Å². The van der Waals surface area contributed by atoms with Crippen molar-refractivity contribution < 1.29 is 33.3 Å². The van der Waals surface area contributed by atoms with Crippen molar-refractivity contribution in [3.63, 3.8) is 0 Å². The predicted molar refractivity (Wildman–Crippen MR) is 138 cm³/mol. The molecular weight excluding hydrogens is 490 g/mol. The summed E-state index contributed by atoms with van der Waals surface area (Å²) in [5.41, 5.74) is 15.7. The monoisotopic (exact) mass is 537 g/mol. The zero-order chi connectivity index (χ0) is 27.4. The van der Waals surface area contributed by atoms with Gasteiger partial charge >= 0.3 is 18.1 Å². The second-order valence-electron chi connectivity index (χ2n) is 7.52. The molecule has 0 aromatic heterocycles. The van der Waals surface area contributed by atoms with Crippen LogP contribution < -0.4 is 43.8 Å². The summed E-state index contributed by atoms with van der Waals surface area (Å²) >= 11 is 0. The van der Waals surface area contributed by atoms with E-state index >= 15 is 0 Å². The summed E-state index contributed by atoms with van der Waals surface area (Å²) in [5.74, 6) is 0. The first kappa shape index (κ1) is 34.5. The van der Waals surface area contributed by atoms with Gasteiger partial charge in [-0.1, -0.05) is 0 Å². The van der Waals surface area contributed by atoms with Crippen LogP contribution in [0.4, 0.5) is 14.4 Å². The van der Waals surface area contributed by atoms with Gasteiger partial charge in [0.15, 0.2) is 0 Å². The Bertz CT molecular complexity index is 538. The zero-order valence-corrected chi connectivity index (χ0v) is 21.8. The summed E-state index contributed by atoms with van der Waals surface area (Å²) in [7, 11) is 0. The molecule has 0 radical (unpaired) electrons. The normalized spacial score (nSPS) is 10.8. The summed E-state index contributed by atoms with van der Waals surface area (Å²) < 4.78 is 21.0. The van der Waals surface area contributed by atoms with Crippen LogP contribution in [0.2, 0.25) is 0 Å². The molecule has 0 rings (SSSR count). The lowest BCUT2D eigenvalue weighted by Crippen LogP contribution is -2.46. The van der Waals surface area contributed by atoms with Gasteiger partial charge in [0, 0.05) is 65.4 Å². The molecule has 16 heteroatoms. The van der Waals surface area contributed by atoms with Crippen LogP contribution in [0.15, 0.2) is 0 Å². The minimum absolute atomic E-state index is 0.316. The first-order valence-electron chi connectivity index (χ1n) is 12.5. The number of hydrogen-bond acceptors (Lipinski definition) is 10. The van der Waals surface area contributed by atoms with Crippen LogP contribution in [-0.2, 0) is 18.9 Å². The van der Waals surface area contributed by atoms with Crippen LogP contribution in [0.25, 0.3) is 0 Å². The summed E-state index contributed by atoms with van der Waals surface area (Å²) in [6.07, 6.45) is 0. The molecule has 0 saturated heterocycles. The molecule has 6 amide bonds. The van der Waals surface area contributed by atoms with Gasteiger partial charge in [-0.05, 0) is 0 Å². The van der Waals surface area contributed by atoms with E-state index in [0.717, 1.165) is 0 Å². The molecule has 16 nitrogen and oxygen atoms in total. The number of nitrogens with one attached hydrogen (secondary N) is 5. The average Bonchev–Trinajstić information content (AvgIpc) is 2.86. The van der Waals surface area contributed by atoms with Crippen LogP contribution in [0, 0.1) is 0 Å². The Morgan fingerprint density at radius 3 is 1.24 bits per heavy atom. The number of ether oxygens (including phenoxy) is 4. The molecule has 0 bridgehead atoms. The number of nitrogens with zero attached hydrogens (tertiary/aromatic N) is 1. The van der Waals surface area contributed by atoms with Gasteiger partial charge in [-0.15, -0.1) is 0 Å². The number of hydrogen-bond donors (Lipinski definition) is 8. The Morgan fingerprint density at radius 1 is 0.514 bits per heavy atom. The molecule has 0 aromatic carbocycles. The lowest BCUT2D eigenvalue weighted by Gasteiger charge is -2.22. The van der Waals surface area contributed by atoms with Crippen LogP contribution >= 0.6 is 0 Å². The van der Waals surface area contributed by atoms with Crippen LogP contribution in [-0.4, -0.2) is 141 Å². The third kappa shape index (κ3) is 26.4. The molecule has 37 heavy (non-hydrogen) atoms. The lowest BCUT2D eigenvalue weighted by atomic mass is 10.4. The summed E-state index contributed by atoms with van der Waals surface area (Å²) in [4.78, 5) is 36.8. The van der Waals surface area contributed by atoms with Crippen molar-refractivity contribution in [3.8, 4) is 0 Å². The first-order chi connectivity index (χ1) is 18.0. The van der Waals surface area contributed by atoms with Crippen LogP contribution in [0.3, 0.4) is 0 Å². The van der Waals surface area contributed by atoms with Gasteiger partial charge in [0.1, 0.15) is 0 Å². The second kappa shape index (κ2) is 26.6. The minimum atomic E-state index is -0.615. The molecule has 0 unspecified atom stereocenters. The van der Waals surface area contributed by atoms with Crippen molar-refractivity contribution in [1.82, 2.24) is 31.5 Å². The van der Waals surface area contributed by atoms with Gasteiger partial charge in [0.25, 0.3) is 0 Å². The van der Waals surface area contributed by atoms with E-state index in [2.05, 4.69) is 26.6 Å². The highest BCUT2D eigenvalue weighted by atomic mass is 16.5. The van der Waals surface area contributed by atoms with Crippen molar-refractivity contribution in [3.05, 3.63) is 0 Å². The maximum Gasteiger partial charge on any atom is 0.314 e. The van der Waals surface area contributed by atoms with E-state index < -0.39 is 6.03 Å². The molecule has 0 fully saturated rings. The van der Waals surface area contributed by atoms with Crippen molar-refractivity contribution in [2.45, 2.75) is 0 Å². The van der Waals surface area contributed by atoms with E-state index in [1.165, 1.54) is 0 Å².